The highest BCUT2D eigenvalue weighted by molar-refractivity contribution is 6.35. The molecule has 3 rings (SSSR count). The summed E-state index contributed by atoms with van der Waals surface area (Å²) in [5.74, 6) is 0. The number of benzene rings is 2. The standard InChI is InChI=1S/C21H19ClN2/c1-4-15-6-11-18-19(22)13-20(24-21(18)12-15)17-9-7-16(8-10-17)14(3)23-5-2/h4,6-13,23H,1,3,5H2,2H3. The maximum Gasteiger partial charge on any atom is 0.0730 e. The third-order valence-electron chi connectivity index (χ3n) is 3.94. The van der Waals surface area contributed by atoms with Gasteiger partial charge in [-0.2, -0.15) is 0 Å². The lowest BCUT2D eigenvalue weighted by atomic mass is 10.1. The Hall–Kier alpha value is -2.58. The van der Waals surface area contributed by atoms with Crippen molar-refractivity contribution in [1.82, 2.24) is 10.3 Å². The molecule has 1 aromatic heterocycles. The number of aromatic nitrogens is 1. The lowest BCUT2D eigenvalue weighted by Crippen LogP contribution is -2.09. The van der Waals surface area contributed by atoms with Gasteiger partial charge in [-0.15, -0.1) is 0 Å². The number of halogens is 1. The van der Waals surface area contributed by atoms with Crippen LogP contribution in [0.1, 0.15) is 18.1 Å². The Bertz CT molecular complexity index is 911. The van der Waals surface area contributed by atoms with Crippen molar-refractivity contribution < 1.29 is 0 Å². The van der Waals surface area contributed by atoms with E-state index in [4.69, 9.17) is 16.6 Å². The average Bonchev–Trinajstić information content (AvgIpc) is 2.61. The predicted molar refractivity (Wildman–Crippen MR) is 105 cm³/mol. The highest BCUT2D eigenvalue weighted by atomic mass is 35.5. The zero-order chi connectivity index (χ0) is 17.1. The summed E-state index contributed by atoms with van der Waals surface area (Å²) in [6.07, 6.45) is 1.81. The van der Waals surface area contributed by atoms with Crippen LogP contribution in [-0.4, -0.2) is 11.5 Å². The quantitative estimate of drug-likeness (QED) is 0.639. The molecule has 3 aromatic rings. The van der Waals surface area contributed by atoms with Gasteiger partial charge in [0.05, 0.1) is 16.2 Å². The van der Waals surface area contributed by atoms with Crippen molar-refractivity contribution >= 4 is 34.3 Å². The molecule has 24 heavy (non-hydrogen) atoms. The van der Waals surface area contributed by atoms with Gasteiger partial charge in [-0.1, -0.05) is 67.2 Å². The van der Waals surface area contributed by atoms with Crippen LogP contribution < -0.4 is 5.32 Å². The van der Waals surface area contributed by atoms with E-state index in [1.807, 2.05) is 54.6 Å². The van der Waals surface area contributed by atoms with Gasteiger partial charge < -0.3 is 5.32 Å². The van der Waals surface area contributed by atoms with Crippen LogP contribution in [-0.2, 0) is 0 Å². The van der Waals surface area contributed by atoms with E-state index in [-0.39, 0.29) is 0 Å². The van der Waals surface area contributed by atoms with Gasteiger partial charge in [0, 0.05) is 23.2 Å². The van der Waals surface area contributed by atoms with Crippen LogP contribution in [0.25, 0.3) is 33.9 Å². The summed E-state index contributed by atoms with van der Waals surface area (Å²) >= 11 is 6.44. The normalized spacial score (nSPS) is 10.6. The first-order chi connectivity index (χ1) is 11.6. The highest BCUT2D eigenvalue weighted by Gasteiger charge is 2.07. The number of fused-ring (bicyclic) bond motifs is 1. The Balaban J connectivity index is 2.02. The molecule has 0 radical (unpaired) electrons. The van der Waals surface area contributed by atoms with Crippen LogP contribution in [0.15, 0.2) is 61.7 Å². The number of hydrogen-bond acceptors (Lipinski definition) is 2. The summed E-state index contributed by atoms with van der Waals surface area (Å²) in [5.41, 5.74) is 5.77. The SMILES string of the molecule is C=Cc1ccc2c(Cl)cc(-c3ccc(C(=C)NCC)cc3)nc2c1. The second-order valence-corrected chi connectivity index (χ2v) is 5.96. The predicted octanol–water partition coefficient (Wildman–Crippen LogP) is 5.78. The molecule has 120 valence electrons. The van der Waals surface area contributed by atoms with Gasteiger partial charge in [-0.25, -0.2) is 4.98 Å². The molecule has 0 amide bonds. The number of pyridine rings is 1. The summed E-state index contributed by atoms with van der Waals surface area (Å²) in [6.45, 7) is 10.7. The second-order valence-electron chi connectivity index (χ2n) is 5.56. The summed E-state index contributed by atoms with van der Waals surface area (Å²) < 4.78 is 0. The maximum atomic E-state index is 6.44. The van der Waals surface area contributed by atoms with Crippen molar-refractivity contribution in [2.75, 3.05) is 6.54 Å². The fraction of sp³-hybridized carbons (Fsp3) is 0.0952. The van der Waals surface area contributed by atoms with Gasteiger partial charge in [-0.05, 0) is 30.2 Å². The monoisotopic (exact) mass is 334 g/mol. The molecule has 0 aliphatic heterocycles. The van der Waals surface area contributed by atoms with E-state index in [0.29, 0.717) is 5.02 Å². The van der Waals surface area contributed by atoms with Crippen molar-refractivity contribution in [3.05, 3.63) is 77.8 Å². The summed E-state index contributed by atoms with van der Waals surface area (Å²) in [7, 11) is 0. The Morgan fingerprint density at radius 3 is 2.58 bits per heavy atom. The Kier molecular flexibility index (Phi) is 4.68. The fourth-order valence-electron chi connectivity index (χ4n) is 2.64. The molecule has 0 unspecified atom stereocenters. The van der Waals surface area contributed by atoms with Crippen molar-refractivity contribution in [3.8, 4) is 11.3 Å². The molecule has 0 aliphatic carbocycles. The van der Waals surface area contributed by atoms with Gasteiger partial charge >= 0.3 is 0 Å². The van der Waals surface area contributed by atoms with E-state index in [9.17, 15) is 0 Å². The van der Waals surface area contributed by atoms with E-state index in [2.05, 4.69) is 25.4 Å². The molecule has 0 spiro atoms. The number of rotatable bonds is 5. The lowest BCUT2D eigenvalue weighted by Gasteiger charge is -2.09. The van der Waals surface area contributed by atoms with E-state index in [0.717, 1.165) is 45.5 Å². The summed E-state index contributed by atoms with van der Waals surface area (Å²) in [4.78, 5) is 4.76. The Morgan fingerprint density at radius 2 is 1.92 bits per heavy atom. The minimum absolute atomic E-state index is 0.701. The highest BCUT2D eigenvalue weighted by Crippen LogP contribution is 2.29. The Morgan fingerprint density at radius 1 is 1.17 bits per heavy atom. The number of nitrogens with zero attached hydrogens (tertiary/aromatic N) is 1. The fourth-order valence-corrected chi connectivity index (χ4v) is 2.90. The van der Waals surface area contributed by atoms with Gasteiger partial charge in [0.15, 0.2) is 0 Å². The van der Waals surface area contributed by atoms with Gasteiger partial charge in [-0.3, -0.25) is 0 Å². The summed E-state index contributed by atoms with van der Waals surface area (Å²) in [6, 6.07) is 16.0. The molecule has 1 heterocycles. The molecule has 1 N–H and O–H groups in total. The van der Waals surface area contributed by atoms with E-state index in [1.54, 1.807) is 0 Å². The molecule has 2 aromatic carbocycles. The van der Waals surface area contributed by atoms with E-state index < -0.39 is 0 Å². The molecule has 0 atom stereocenters. The van der Waals surface area contributed by atoms with Gasteiger partial charge in [0.1, 0.15) is 0 Å². The molecular weight excluding hydrogens is 316 g/mol. The van der Waals surface area contributed by atoms with Crippen molar-refractivity contribution in [2.24, 2.45) is 0 Å². The van der Waals surface area contributed by atoms with Crippen LogP contribution in [0.3, 0.4) is 0 Å². The molecule has 0 saturated heterocycles. The van der Waals surface area contributed by atoms with Gasteiger partial charge in [0.2, 0.25) is 0 Å². The molecular formula is C21H19ClN2. The lowest BCUT2D eigenvalue weighted by molar-refractivity contribution is 0.942. The molecule has 0 fully saturated rings. The largest absolute Gasteiger partial charge is 0.385 e. The molecule has 0 bridgehead atoms. The van der Waals surface area contributed by atoms with Crippen LogP contribution in [0.5, 0.6) is 0 Å². The topological polar surface area (TPSA) is 24.9 Å². The van der Waals surface area contributed by atoms with Crippen molar-refractivity contribution in [2.45, 2.75) is 6.92 Å². The first-order valence-electron chi connectivity index (χ1n) is 7.88. The van der Waals surface area contributed by atoms with Crippen molar-refractivity contribution in [3.63, 3.8) is 0 Å². The minimum atomic E-state index is 0.701. The minimum Gasteiger partial charge on any atom is -0.385 e. The van der Waals surface area contributed by atoms with Crippen LogP contribution >= 0.6 is 11.6 Å². The van der Waals surface area contributed by atoms with Crippen molar-refractivity contribution in [1.29, 1.82) is 0 Å². The first kappa shape index (κ1) is 16.3. The number of nitrogens with one attached hydrogen (secondary N) is 1. The Labute approximate surface area is 147 Å². The smallest absolute Gasteiger partial charge is 0.0730 e. The third kappa shape index (κ3) is 3.19. The maximum absolute atomic E-state index is 6.44. The second kappa shape index (κ2) is 6.90. The third-order valence-corrected chi connectivity index (χ3v) is 4.25. The number of hydrogen-bond donors (Lipinski definition) is 1. The van der Waals surface area contributed by atoms with E-state index >= 15 is 0 Å². The van der Waals surface area contributed by atoms with Crippen LogP contribution in [0.2, 0.25) is 5.02 Å². The molecule has 0 saturated carbocycles. The molecule has 3 heteroatoms. The van der Waals surface area contributed by atoms with E-state index in [1.165, 1.54) is 0 Å². The average molecular weight is 335 g/mol. The zero-order valence-corrected chi connectivity index (χ0v) is 14.4. The van der Waals surface area contributed by atoms with Crippen LogP contribution in [0, 0.1) is 0 Å². The first-order valence-corrected chi connectivity index (χ1v) is 8.26. The van der Waals surface area contributed by atoms with Crippen LogP contribution in [0.4, 0.5) is 0 Å². The summed E-state index contributed by atoms with van der Waals surface area (Å²) in [5, 5.41) is 4.87. The molecule has 0 aliphatic rings. The molecule has 2 nitrogen and oxygen atoms in total. The zero-order valence-electron chi connectivity index (χ0n) is 13.6. The van der Waals surface area contributed by atoms with Gasteiger partial charge in [0.25, 0.3) is 0 Å².